The van der Waals surface area contributed by atoms with Crippen molar-refractivity contribution in [3.8, 4) is 0 Å². The summed E-state index contributed by atoms with van der Waals surface area (Å²) in [6.45, 7) is 5.54. The van der Waals surface area contributed by atoms with Gasteiger partial charge in [-0.25, -0.2) is 0 Å². The van der Waals surface area contributed by atoms with E-state index < -0.39 is 0 Å². The topological polar surface area (TPSA) is 38.5 Å². The van der Waals surface area contributed by atoms with Gasteiger partial charge in [0.05, 0.1) is 12.7 Å². The molecule has 2 rings (SSSR count). The van der Waals surface area contributed by atoms with Crippen LogP contribution in [0, 0.1) is 0 Å². The summed E-state index contributed by atoms with van der Waals surface area (Å²) in [6.07, 6.45) is 1.23. The van der Waals surface area contributed by atoms with Crippen molar-refractivity contribution in [3.05, 3.63) is 28.2 Å². The van der Waals surface area contributed by atoms with E-state index in [-0.39, 0.29) is 0 Å². The molecule has 94 valence electrons. The molecule has 1 unspecified atom stereocenters. The molecule has 1 aliphatic heterocycles. The van der Waals surface area contributed by atoms with Gasteiger partial charge in [0.25, 0.3) is 0 Å². The Bertz CT molecular complexity index is 384. The highest BCUT2D eigenvalue weighted by atomic mass is 79.9. The quantitative estimate of drug-likeness (QED) is 0.929. The summed E-state index contributed by atoms with van der Waals surface area (Å²) < 4.78 is 6.70. The molecule has 0 aliphatic carbocycles. The van der Waals surface area contributed by atoms with Gasteiger partial charge >= 0.3 is 0 Å². The number of hydrogen-bond donors (Lipinski definition) is 1. The number of benzene rings is 1. The molecule has 1 saturated heterocycles. The summed E-state index contributed by atoms with van der Waals surface area (Å²) in [5, 5.41) is 0. The lowest BCUT2D eigenvalue weighted by atomic mass is 10.1. The Morgan fingerprint density at radius 2 is 2.35 bits per heavy atom. The zero-order chi connectivity index (χ0) is 12.3. The highest BCUT2D eigenvalue weighted by molar-refractivity contribution is 9.10. The fourth-order valence-electron chi connectivity index (χ4n) is 2.14. The molecule has 1 heterocycles. The molecule has 0 radical (unpaired) electrons. The Kier molecular flexibility index (Phi) is 4.42. The van der Waals surface area contributed by atoms with Crippen LogP contribution in [0.15, 0.2) is 22.7 Å². The number of halogens is 1. The molecule has 3 nitrogen and oxygen atoms in total. The van der Waals surface area contributed by atoms with Gasteiger partial charge in [0, 0.05) is 23.2 Å². The van der Waals surface area contributed by atoms with E-state index >= 15 is 0 Å². The second-order valence-electron chi connectivity index (χ2n) is 4.44. The fourth-order valence-corrected chi connectivity index (χ4v) is 2.71. The van der Waals surface area contributed by atoms with E-state index in [9.17, 15) is 0 Å². The van der Waals surface area contributed by atoms with Gasteiger partial charge in [0.1, 0.15) is 0 Å². The van der Waals surface area contributed by atoms with E-state index in [0.29, 0.717) is 12.6 Å². The van der Waals surface area contributed by atoms with Crippen molar-refractivity contribution >= 4 is 21.6 Å². The lowest BCUT2D eigenvalue weighted by molar-refractivity contribution is 0.0532. The molecular formula is C13H19BrN2O. The Hall–Kier alpha value is -0.580. The zero-order valence-corrected chi connectivity index (χ0v) is 11.7. The Balaban J connectivity index is 2.13. The number of anilines is 1. The minimum Gasteiger partial charge on any atom is -0.375 e. The number of nitrogens with two attached hydrogens (primary N) is 1. The van der Waals surface area contributed by atoms with E-state index in [0.717, 1.165) is 30.6 Å². The van der Waals surface area contributed by atoms with Gasteiger partial charge in [-0.2, -0.15) is 0 Å². The van der Waals surface area contributed by atoms with E-state index in [1.807, 2.05) is 0 Å². The van der Waals surface area contributed by atoms with Crippen LogP contribution in [0.3, 0.4) is 0 Å². The molecular weight excluding hydrogens is 280 g/mol. The van der Waals surface area contributed by atoms with Crippen LogP contribution in [0.5, 0.6) is 0 Å². The third-order valence-corrected chi connectivity index (χ3v) is 3.79. The Morgan fingerprint density at radius 3 is 3.00 bits per heavy atom. The van der Waals surface area contributed by atoms with E-state index in [2.05, 4.69) is 46.0 Å². The molecule has 2 N–H and O–H groups in total. The standard InChI is InChI=1S/C13H19BrN2O/c1-10-9-16(6-7-17-10)12-3-2-11(4-5-15)13(14)8-12/h2-3,8,10H,4-7,9,15H2,1H3. The number of rotatable bonds is 3. The molecule has 0 saturated carbocycles. The maximum atomic E-state index is 5.58. The molecule has 1 aliphatic rings. The van der Waals surface area contributed by atoms with Crippen LogP contribution in [0.25, 0.3) is 0 Å². The minimum atomic E-state index is 0.311. The van der Waals surface area contributed by atoms with Gasteiger partial charge in [-0.1, -0.05) is 22.0 Å². The van der Waals surface area contributed by atoms with Crippen LogP contribution >= 0.6 is 15.9 Å². The van der Waals surface area contributed by atoms with Gasteiger partial charge in [-0.3, -0.25) is 0 Å². The fraction of sp³-hybridized carbons (Fsp3) is 0.538. The van der Waals surface area contributed by atoms with Crippen molar-refractivity contribution in [2.24, 2.45) is 5.73 Å². The summed E-state index contributed by atoms with van der Waals surface area (Å²) >= 11 is 3.62. The van der Waals surface area contributed by atoms with Gasteiger partial charge in [-0.15, -0.1) is 0 Å². The number of hydrogen-bond acceptors (Lipinski definition) is 3. The van der Waals surface area contributed by atoms with Crippen molar-refractivity contribution in [3.63, 3.8) is 0 Å². The number of nitrogens with zero attached hydrogens (tertiary/aromatic N) is 1. The molecule has 0 aromatic heterocycles. The second kappa shape index (κ2) is 5.85. The van der Waals surface area contributed by atoms with Gasteiger partial charge in [-0.05, 0) is 37.6 Å². The van der Waals surface area contributed by atoms with E-state index in [4.69, 9.17) is 10.5 Å². The molecule has 1 aromatic carbocycles. The second-order valence-corrected chi connectivity index (χ2v) is 5.30. The molecule has 1 aromatic rings. The maximum absolute atomic E-state index is 5.58. The first-order chi connectivity index (χ1) is 8.20. The zero-order valence-electron chi connectivity index (χ0n) is 10.2. The summed E-state index contributed by atoms with van der Waals surface area (Å²) in [4.78, 5) is 2.37. The molecule has 17 heavy (non-hydrogen) atoms. The van der Waals surface area contributed by atoms with Crippen molar-refractivity contribution in [2.75, 3.05) is 31.1 Å². The normalized spacial score (nSPS) is 20.6. The molecule has 0 spiro atoms. The smallest absolute Gasteiger partial charge is 0.0722 e. The number of morpholine rings is 1. The van der Waals surface area contributed by atoms with Crippen LogP contribution in [0.1, 0.15) is 12.5 Å². The monoisotopic (exact) mass is 298 g/mol. The van der Waals surface area contributed by atoms with Crippen molar-refractivity contribution in [1.82, 2.24) is 0 Å². The van der Waals surface area contributed by atoms with Crippen LogP contribution in [0.2, 0.25) is 0 Å². The molecule has 4 heteroatoms. The summed E-state index contributed by atoms with van der Waals surface area (Å²) in [5.74, 6) is 0. The third-order valence-electron chi connectivity index (χ3n) is 3.06. The lowest BCUT2D eigenvalue weighted by Gasteiger charge is -2.33. The summed E-state index contributed by atoms with van der Waals surface area (Å²) in [7, 11) is 0. The molecule has 0 amide bonds. The van der Waals surface area contributed by atoms with E-state index in [1.165, 1.54) is 11.3 Å². The van der Waals surface area contributed by atoms with Gasteiger partial charge in [0.2, 0.25) is 0 Å². The van der Waals surface area contributed by atoms with Crippen LogP contribution < -0.4 is 10.6 Å². The Morgan fingerprint density at radius 1 is 1.53 bits per heavy atom. The van der Waals surface area contributed by atoms with Crippen LogP contribution in [-0.2, 0) is 11.2 Å². The first kappa shape index (κ1) is 12.9. The van der Waals surface area contributed by atoms with E-state index in [1.54, 1.807) is 0 Å². The predicted octanol–water partition coefficient (Wildman–Crippen LogP) is 2.18. The summed E-state index contributed by atoms with van der Waals surface area (Å²) in [5.41, 5.74) is 8.11. The van der Waals surface area contributed by atoms with Crippen LogP contribution in [0.4, 0.5) is 5.69 Å². The first-order valence-electron chi connectivity index (χ1n) is 6.05. The highest BCUT2D eigenvalue weighted by Gasteiger charge is 2.17. The highest BCUT2D eigenvalue weighted by Crippen LogP contribution is 2.25. The molecule has 1 atom stereocenters. The average molecular weight is 299 g/mol. The van der Waals surface area contributed by atoms with Crippen molar-refractivity contribution in [2.45, 2.75) is 19.4 Å². The molecule has 0 bridgehead atoms. The lowest BCUT2D eigenvalue weighted by Crippen LogP contribution is -2.41. The SMILES string of the molecule is CC1CN(c2ccc(CCN)c(Br)c2)CCO1. The largest absolute Gasteiger partial charge is 0.375 e. The minimum absolute atomic E-state index is 0.311. The summed E-state index contributed by atoms with van der Waals surface area (Å²) in [6, 6.07) is 6.52. The first-order valence-corrected chi connectivity index (χ1v) is 6.85. The third kappa shape index (κ3) is 3.21. The van der Waals surface area contributed by atoms with Crippen molar-refractivity contribution < 1.29 is 4.74 Å². The average Bonchev–Trinajstić information content (AvgIpc) is 2.32. The maximum Gasteiger partial charge on any atom is 0.0722 e. The number of ether oxygens (including phenoxy) is 1. The predicted molar refractivity (Wildman–Crippen MR) is 74.5 cm³/mol. The van der Waals surface area contributed by atoms with Crippen molar-refractivity contribution in [1.29, 1.82) is 0 Å². The van der Waals surface area contributed by atoms with Crippen LogP contribution in [-0.4, -0.2) is 32.3 Å². The Labute approximate surface area is 111 Å². The van der Waals surface area contributed by atoms with Gasteiger partial charge in [0.15, 0.2) is 0 Å². The molecule has 1 fully saturated rings. The van der Waals surface area contributed by atoms with Gasteiger partial charge < -0.3 is 15.4 Å².